The average Bonchev–Trinajstić information content (AvgIpc) is 3.07. The fraction of sp³-hybridized carbons (Fsp3) is 0.278. The van der Waals surface area contributed by atoms with Gasteiger partial charge >= 0.3 is 0 Å². The summed E-state index contributed by atoms with van der Waals surface area (Å²) in [5.74, 6) is -1.07. The van der Waals surface area contributed by atoms with Crippen molar-refractivity contribution >= 4 is 39.1 Å². The van der Waals surface area contributed by atoms with Crippen molar-refractivity contribution < 1.29 is 27.1 Å². The number of halogens is 2. The Labute approximate surface area is 281 Å². The molecule has 2 atom stereocenters. The number of sulfonamides is 1. The lowest BCUT2D eigenvalue weighted by molar-refractivity contribution is -0.140. The van der Waals surface area contributed by atoms with Gasteiger partial charge in [0.2, 0.25) is 11.8 Å². The number of carbonyl (C=O) groups is 2. The predicted molar refractivity (Wildman–Crippen MR) is 182 cm³/mol. The van der Waals surface area contributed by atoms with E-state index < -0.39 is 34.3 Å². The van der Waals surface area contributed by atoms with Gasteiger partial charge in [0.05, 0.1) is 17.2 Å². The molecule has 4 rings (SSSR count). The Bertz CT molecular complexity index is 1720. The second kappa shape index (κ2) is 16.4. The molecule has 0 aliphatic carbocycles. The Morgan fingerprint density at radius 2 is 1.51 bits per heavy atom. The monoisotopic (exact) mass is 679 g/mol. The molecule has 0 aliphatic heterocycles. The Balaban J connectivity index is 1.79. The molecular weight excluding hydrogens is 641 g/mol. The largest absolute Gasteiger partial charge is 0.494 e. The van der Waals surface area contributed by atoms with Gasteiger partial charge in [0.25, 0.3) is 10.0 Å². The summed E-state index contributed by atoms with van der Waals surface area (Å²) < 4.78 is 48.7. The Kier molecular flexibility index (Phi) is 12.4. The maximum absolute atomic E-state index is 14.5. The molecule has 4 aromatic carbocycles. The summed E-state index contributed by atoms with van der Waals surface area (Å²) in [6.07, 6.45) is 0.859. The van der Waals surface area contributed by atoms with E-state index in [1.54, 1.807) is 24.3 Å². The number of anilines is 1. The van der Waals surface area contributed by atoms with Crippen LogP contribution in [0.5, 0.6) is 5.75 Å². The van der Waals surface area contributed by atoms with Crippen LogP contribution < -0.4 is 14.4 Å². The zero-order valence-electron chi connectivity index (χ0n) is 26.6. The van der Waals surface area contributed by atoms with Gasteiger partial charge in [-0.05, 0) is 92.1 Å². The van der Waals surface area contributed by atoms with Gasteiger partial charge in [0.1, 0.15) is 24.2 Å². The van der Waals surface area contributed by atoms with Crippen LogP contribution in [0, 0.1) is 5.82 Å². The first-order chi connectivity index (χ1) is 22.5. The normalized spacial score (nSPS) is 12.5. The van der Waals surface area contributed by atoms with Gasteiger partial charge in [-0.2, -0.15) is 0 Å². The molecule has 0 saturated carbocycles. The highest BCUT2D eigenvalue weighted by Gasteiger charge is 2.35. The van der Waals surface area contributed by atoms with E-state index in [4.69, 9.17) is 16.3 Å². The van der Waals surface area contributed by atoms with Crippen LogP contribution in [0.2, 0.25) is 5.02 Å². The van der Waals surface area contributed by atoms with E-state index in [1.807, 2.05) is 51.1 Å². The lowest BCUT2D eigenvalue weighted by atomic mass is 10.0. The summed E-state index contributed by atoms with van der Waals surface area (Å²) in [7, 11) is -4.34. The number of rotatable bonds is 15. The Morgan fingerprint density at radius 1 is 0.872 bits per heavy atom. The molecule has 0 spiro atoms. The minimum Gasteiger partial charge on any atom is -0.494 e. The molecule has 0 fully saturated rings. The van der Waals surface area contributed by atoms with Crippen LogP contribution >= 0.6 is 11.6 Å². The average molecular weight is 680 g/mol. The van der Waals surface area contributed by atoms with Crippen molar-refractivity contribution in [3.63, 3.8) is 0 Å². The third-order valence-electron chi connectivity index (χ3n) is 7.65. The zero-order chi connectivity index (χ0) is 34.0. The predicted octanol–water partition coefficient (Wildman–Crippen LogP) is 6.63. The standard InChI is InChI=1S/C36H39ClFN3O5S/c1-4-26(3)39-36(43)34(23-27-9-7-6-8-10-27)40(24-28-11-13-29(37)14-12-28)35(42)25-41(31-17-15-30(38)16-18-31)47(44,45)33-21-19-32(20-22-33)46-5-2/h6-22,26,34H,4-5,23-25H2,1-3H3,(H,39,43)/t26-,34+/m1/s1. The summed E-state index contributed by atoms with van der Waals surface area (Å²) in [6.45, 7) is 5.39. The van der Waals surface area contributed by atoms with Gasteiger partial charge < -0.3 is 15.0 Å². The zero-order valence-corrected chi connectivity index (χ0v) is 28.2. The minimum atomic E-state index is -4.34. The smallest absolute Gasteiger partial charge is 0.264 e. The van der Waals surface area contributed by atoms with Crippen LogP contribution in [0.1, 0.15) is 38.3 Å². The van der Waals surface area contributed by atoms with Crippen molar-refractivity contribution in [3.05, 3.63) is 125 Å². The SMILES string of the molecule is CCOc1ccc(S(=O)(=O)N(CC(=O)N(Cc2ccc(Cl)cc2)[C@@H](Cc2ccccc2)C(=O)N[C@H](C)CC)c2ccc(F)cc2)cc1. The highest BCUT2D eigenvalue weighted by atomic mass is 35.5. The van der Waals surface area contributed by atoms with Crippen LogP contribution in [0.15, 0.2) is 108 Å². The number of carbonyl (C=O) groups excluding carboxylic acids is 2. The van der Waals surface area contributed by atoms with E-state index >= 15 is 0 Å². The lowest BCUT2D eigenvalue weighted by Crippen LogP contribution is -2.54. The minimum absolute atomic E-state index is 0.00177. The molecule has 4 aromatic rings. The second-order valence-corrected chi connectivity index (χ2v) is 13.4. The molecule has 0 heterocycles. The first-order valence-electron chi connectivity index (χ1n) is 15.4. The molecule has 0 aliphatic rings. The van der Waals surface area contributed by atoms with Crippen molar-refractivity contribution in [3.8, 4) is 5.75 Å². The molecule has 1 N–H and O–H groups in total. The van der Waals surface area contributed by atoms with Crippen LogP contribution in [-0.2, 0) is 32.6 Å². The van der Waals surface area contributed by atoms with E-state index in [-0.39, 0.29) is 35.5 Å². The Hall–Kier alpha value is -4.41. The molecule has 0 unspecified atom stereocenters. The fourth-order valence-corrected chi connectivity index (χ4v) is 6.46. The van der Waals surface area contributed by atoms with E-state index in [0.717, 1.165) is 22.0 Å². The van der Waals surface area contributed by atoms with Crippen LogP contribution in [0.25, 0.3) is 0 Å². The highest BCUT2D eigenvalue weighted by Crippen LogP contribution is 2.27. The third-order valence-corrected chi connectivity index (χ3v) is 9.69. The number of nitrogens with zero attached hydrogens (tertiary/aromatic N) is 2. The van der Waals surface area contributed by atoms with Gasteiger partial charge in [-0.3, -0.25) is 13.9 Å². The van der Waals surface area contributed by atoms with Crippen LogP contribution in [0.4, 0.5) is 10.1 Å². The molecule has 2 amide bonds. The first-order valence-corrected chi connectivity index (χ1v) is 17.2. The maximum Gasteiger partial charge on any atom is 0.264 e. The molecule has 0 radical (unpaired) electrons. The summed E-state index contributed by atoms with van der Waals surface area (Å²) in [6, 6.07) is 25.7. The number of benzene rings is 4. The second-order valence-electron chi connectivity index (χ2n) is 11.1. The number of hydrogen-bond acceptors (Lipinski definition) is 5. The first kappa shape index (κ1) is 35.4. The van der Waals surface area contributed by atoms with Crippen molar-refractivity contribution in [2.45, 2.75) is 57.1 Å². The number of nitrogens with one attached hydrogen (secondary N) is 1. The van der Waals surface area contributed by atoms with E-state index in [9.17, 15) is 22.4 Å². The molecule has 11 heteroatoms. The summed E-state index contributed by atoms with van der Waals surface area (Å²) in [5, 5.41) is 3.51. The van der Waals surface area contributed by atoms with Gasteiger partial charge in [-0.15, -0.1) is 0 Å². The number of ether oxygens (including phenoxy) is 1. The molecule has 8 nitrogen and oxygen atoms in total. The van der Waals surface area contributed by atoms with Gasteiger partial charge in [0.15, 0.2) is 0 Å². The van der Waals surface area contributed by atoms with Crippen molar-refractivity contribution in [2.75, 3.05) is 17.5 Å². The maximum atomic E-state index is 14.5. The van der Waals surface area contributed by atoms with E-state index in [1.165, 1.54) is 41.3 Å². The molecule has 0 bridgehead atoms. The number of hydrogen-bond donors (Lipinski definition) is 1. The summed E-state index contributed by atoms with van der Waals surface area (Å²) in [5.41, 5.74) is 1.60. The van der Waals surface area contributed by atoms with Crippen molar-refractivity contribution in [1.29, 1.82) is 0 Å². The summed E-state index contributed by atoms with van der Waals surface area (Å²) >= 11 is 6.14. The van der Waals surface area contributed by atoms with Gasteiger partial charge in [0, 0.05) is 24.0 Å². The highest BCUT2D eigenvalue weighted by molar-refractivity contribution is 7.92. The van der Waals surface area contributed by atoms with E-state index in [0.29, 0.717) is 29.4 Å². The van der Waals surface area contributed by atoms with Gasteiger partial charge in [-0.25, -0.2) is 12.8 Å². The van der Waals surface area contributed by atoms with Crippen molar-refractivity contribution in [1.82, 2.24) is 10.2 Å². The van der Waals surface area contributed by atoms with Crippen LogP contribution in [0.3, 0.4) is 0 Å². The topological polar surface area (TPSA) is 96.0 Å². The van der Waals surface area contributed by atoms with Crippen molar-refractivity contribution in [2.24, 2.45) is 0 Å². The van der Waals surface area contributed by atoms with Gasteiger partial charge in [-0.1, -0.05) is 61.0 Å². The quantitative estimate of drug-likeness (QED) is 0.152. The number of amides is 2. The molecule has 47 heavy (non-hydrogen) atoms. The van der Waals surface area contributed by atoms with Crippen LogP contribution in [-0.4, -0.2) is 50.4 Å². The molecule has 0 saturated heterocycles. The third kappa shape index (κ3) is 9.56. The Morgan fingerprint density at radius 3 is 2.11 bits per heavy atom. The fourth-order valence-electron chi connectivity index (χ4n) is 4.92. The summed E-state index contributed by atoms with van der Waals surface area (Å²) in [4.78, 5) is 29.7. The van der Waals surface area contributed by atoms with E-state index in [2.05, 4.69) is 5.32 Å². The lowest BCUT2D eigenvalue weighted by Gasteiger charge is -2.34. The molecule has 0 aromatic heterocycles. The molecular formula is C36H39ClFN3O5S. The molecule has 248 valence electrons.